The van der Waals surface area contributed by atoms with E-state index in [1.54, 1.807) is 87.4 Å². The van der Waals surface area contributed by atoms with Gasteiger partial charge in [-0.25, -0.2) is 4.79 Å². The first kappa shape index (κ1) is 80.8. The van der Waals surface area contributed by atoms with E-state index in [0.29, 0.717) is 61.8 Å². The summed E-state index contributed by atoms with van der Waals surface area (Å²) in [5, 5.41) is 85.6. The van der Waals surface area contributed by atoms with Gasteiger partial charge in [-0.15, -0.1) is 0 Å². The molecule has 0 bridgehead atoms. The minimum Gasteiger partial charge on any atom is -0.508 e. The molecule has 2 aliphatic heterocycles. The number of phenolic OH excluding ortho intramolecular Hbond substituents is 4. The van der Waals surface area contributed by atoms with Gasteiger partial charge in [-0.2, -0.15) is 20.4 Å². The number of carbonyl (C=O) groups is 6. The largest absolute Gasteiger partial charge is 0.508 e. The number of aromatic nitrogens is 12. The Balaban J connectivity index is 0.000000121. The first-order chi connectivity index (χ1) is 59.8. The summed E-state index contributed by atoms with van der Waals surface area (Å²) in [5.74, 6) is -0.692. The molecule has 19 rings (SSSR count). The molecule has 0 radical (unpaired) electrons. The van der Waals surface area contributed by atoms with Crippen molar-refractivity contribution in [2.24, 2.45) is 5.92 Å². The fraction of sp³-hybridized carbons (Fsp3) is 0.152. The fourth-order valence-corrected chi connectivity index (χ4v) is 14.0. The summed E-state index contributed by atoms with van der Waals surface area (Å²) < 4.78 is 0. The van der Waals surface area contributed by atoms with Gasteiger partial charge in [0.2, 0.25) is 5.91 Å². The molecule has 616 valence electrons. The highest BCUT2D eigenvalue weighted by Crippen LogP contribution is 2.35. The van der Waals surface area contributed by atoms with Gasteiger partial charge in [0.05, 0.1) is 45.8 Å². The number of hydrogen-bond acceptors (Lipinski definition) is 20. The van der Waals surface area contributed by atoms with Gasteiger partial charge in [0.1, 0.15) is 23.0 Å². The minimum atomic E-state index is -0.376. The number of amides is 7. The lowest BCUT2D eigenvalue weighted by Gasteiger charge is -2.30. The van der Waals surface area contributed by atoms with Gasteiger partial charge in [0.15, 0.2) is 22.8 Å². The number of nitrogens with zero attached hydrogens (tertiary/aromatic N) is 11. The Morgan fingerprint density at radius 3 is 0.919 bits per heavy atom. The number of phenols is 4. The van der Waals surface area contributed by atoms with E-state index < -0.39 is 0 Å². The second-order valence-corrected chi connectivity index (χ2v) is 30.1. The number of anilines is 6. The Hall–Kier alpha value is -16.0. The lowest BCUT2D eigenvalue weighted by Crippen LogP contribution is -2.36. The van der Waals surface area contributed by atoms with Crippen LogP contribution in [0.25, 0.3) is 88.1 Å². The summed E-state index contributed by atoms with van der Waals surface area (Å²) in [6, 6.07) is 55.8. The first-order valence-corrected chi connectivity index (χ1v) is 39.7. The van der Waals surface area contributed by atoms with Crippen LogP contribution in [0.3, 0.4) is 0 Å². The molecule has 14 N–H and O–H groups in total. The van der Waals surface area contributed by atoms with Crippen LogP contribution >= 0.6 is 0 Å². The summed E-state index contributed by atoms with van der Waals surface area (Å²) in [5.41, 5.74) is 17.3. The third-order valence-corrected chi connectivity index (χ3v) is 20.8. The minimum absolute atomic E-state index is 0.0254. The third-order valence-electron chi connectivity index (χ3n) is 20.8. The fourth-order valence-electron chi connectivity index (χ4n) is 14.0. The normalized spacial score (nSPS) is 13.0. The van der Waals surface area contributed by atoms with E-state index in [2.05, 4.69) is 115 Å². The molecule has 10 heterocycles. The molecule has 8 aromatic carbocycles. The van der Waals surface area contributed by atoms with Crippen LogP contribution in [0, 0.1) is 5.92 Å². The van der Waals surface area contributed by atoms with Crippen LogP contribution in [0.15, 0.2) is 244 Å². The van der Waals surface area contributed by atoms with Crippen molar-refractivity contribution in [3.05, 3.63) is 278 Å². The molecule has 123 heavy (non-hydrogen) atoms. The third kappa shape index (κ3) is 19.9. The molecular weight excluding hydrogens is 1560 g/mol. The number of aromatic amines is 4. The van der Waals surface area contributed by atoms with E-state index in [0.717, 1.165) is 124 Å². The van der Waals surface area contributed by atoms with Gasteiger partial charge in [-0.1, -0.05) is 24.3 Å². The SMILES string of the molecule is CN(C)C(=O)Nc1cncc(-c2ccc3[nH]nc(C(=O)Nc4ccc(O)cc4)c3c2)c1.O=C(Nc1ccc(O)cc1)c1n[nH]c2ccc(-c3cncc(CN4CCC4)c3)cc12.O=C(Nc1ccc(O)cc1)c1n[nH]c2ccc(-c3cncc(CN4CCCC4)c3)cc12.O=C(Nc1ccc(O)cc1)c1n[nH]c2ccc(-c3cncc(NC(=O)C4CC4)c3)cc12. The number of nitrogens with one attached hydrogen (secondary N) is 10. The molecule has 3 aliphatic rings. The van der Waals surface area contributed by atoms with Gasteiger partial charge >= 0.3 is 6.03 Å². The number of carbonyl (C=O) groups excluding carboxylic acids is 6. The molecular formula is C92H83N21O10. The topological polar surface area (TPSA) is 432 Å². The molecule has 31 nitrogen and oxygen atoms in total. The highest BCUT2D eigenvalue weighted by atomic mass is 16.3. The number of hydrogen-bond donors (Lipinski definition) is 14. The molecule has 3 fully saturated rings. The van der Waals surface area contributed by atoms with Gasteiger partial charge in [-0.05, 0) is 262 Å². The molecule has 1 aliphatic carbocycles. The zero-order valence-corrected chi connectivity index (χ0v) is 66.6. The van der Waals surface area contributed by atoms with Crippen molar-refractivity contribution in [3.63, 3.8) is 0 Å². The molecule has 7 amide bonds. The highest BCUT2D eigenvalue weighted by molar-refractivity contribution is 6.15. The lowest BCUT2D eigenvalue weighted by molar-refractivity contribution is -0.117. The Morgan fingerprint density at radius 2 is 0.626 bits per heavy atom. The van der Waals surface area contributed by atoms with Crippen LogP contribution in [0.1, 0.15) is 85.2 Å². The number of pyridine rings is 4. The smallest absolute Gasteiger partial charge is 0.321 e. The predicted octanol–water partition coefficient (Wildman–Crippen LogP) is 15.6. The molecule has 8 aromatic heterocycles. The van der Waals surface area contributed by atoms with Gasteiger partial charge in [-0.3, -0.25) is 74.1 Å². The summed E-state index contributed by atoms with van der Waals surface area (Å²) in [4.78, 5) is 98.6. The number of likely N-dealkylation sites (tertiary alicyclic amines) is 2. The molecule has 0 spiro atoms. The second kappa shape index (κ2) is 36.5. The summed E-state index contributed by atoms with van der Waals surface area (Å²) in [6.45, 7) is 6.40. The number of urea groups is 1. The average Bonchev–Trinajstić information content (AvgIpc) is 1.64. The van der Waals surface area contributed by atoms with E-state index in [4.69, 9.17) is 0 Å². The molecule has 31 heteroatoms. The van der Waals surface area contributed by atoms with E-state index in [9.17, 15) is 49.2 Å². The standard InChI is InChI=1S/C24H23N5O2.C23H19N5O3.C23H21N5O2.C22H20N6O3/c30-20-6-4-19(5-7-20)26-24(31)23-21-12-17(3-8-22(21)27-28-23)18-11-16(13-25-14-18)15-29-9-1-2-10-29;29-18-6-4-16(5-7-18)25-23(31)21-19-10-14(3-8-20(19)27-28-21)15-9-17(12-24-11-15)26-22(30)13-1-2-13;29-19-5-3-18(4-6-19)25-23(30)22-20-11-16(2-7-21(20)26-27-22)17-10-15(12-24-13-17)14-28-8-1-9-28;1-28(2)22(31)25-16-9-14(11-23-12-16)13-3-8-19-18(10-13)20(27-26-19)21(30)24-15-4-6-17(29)7-5-15/h3-8,11-14,30H,1-2,9-10,15H2,(H,26,31)(H,27,28);3-13,29H,1-2H2,(H,25,31)(H,26,30)(H,27,28);2-7,10-13,29H,1,8-9,14H2,(H,25,30)(H,26,27);3-12,29H,1-2H3,(H,24,30)(H,25,31)(H,26,27). The molecule has 0 unspecified atom stereocenters. The van der Waals surface area contributed by atoms with Gasteiger partial charge < -0.3 is 57.2 Å². The number of fused-ring (bicyclic) bond motifs is 4. The maximum Gasteiger partial charge on any atom is 0.321 e. The summed E-state index contributed by atoms with van der Waals surface area (Å²) in [6.07, 6.45) is 19.8. The zero-order chi connectivity index (χ0) is 85.0. The first-order valence-electron chi connectivity index (χ1n) is 39.7. The second-order valence-electron chi connectivity index (χ2n) is 30.1. The van der Waals surface area contributed by atoms with Crippen LogP contribution in [-0.4, -0.2) is 172 Å². The van der Waals surface area contributed by atoms with E-state index in [1.807, 2.05) is 110 Å². The Bertz CT molecular complexity index is 6380. The van der Waals surface area contributed by atoms with Crippen LogP contribution < -0.4 is 31.9 Å². The number of benzene rings is 8. The van der Waals surface area contributed by atoms with Crippen LogP contribution in [0.5, 0.6) is 23.0 Å². The van der Waals surface area contributed by atoms with Crippen molar-refractivity contribution < 1.29 is 49.2 Å². The molecule has 16 aromatic rings. The van der Waals surface area contributed by atoms with Gasteiger partial charge in [0.25, 0.3) is 23.6 Å². The zero-order valence-electron chi connectivity index (χ0n) is 66.6. The van der Waals surface area contributed by atoms with E-state index >= 15 is 0 Å². The van der Waals surface area contributed by atoms with Gasteiger partial charge in [0, 0.05) is 137 Å². The summed E-state index contributed by atoms with van der Waals surface area (Å²) in [7, 11) is 3.31. The monoisotopic (exact) mass is 1640 g/mol. The molecule has 0 atom stereocenters. The van der Waals surface area contributed by atoms with Crippen molar-refractivity contribution in [2.45, 2.75) is 45.2 Å². The number of H-pyrrole nitrogens is 4. The molecule has 1 saturated carbocycles. The maximum atomic E-state index is 12.8. The van der Waals surface area contributed by atoms with E-state index in [1.165, 1.54) is 83.8 Å². The van der Waals surface area contributed by atoms with Crippen LogP contribution in [0.4, 0.5) is 38.9 Å². The Kier molecular flexibility index (Phi) is 23.9. The number of rotatable bonds is 19. The summed E-state index contributed by atoms with van der Waals surface area (Å²) >= 11 is 0. The van der Waals surface area contributed by atoms with Crippen LogP contribution in [0.2, 0.25) is 0 Å². The number of aromatic hydroxyl groups is 4. The quantitative estimate of drug-likeness (QED) is 0.0334. The Morgan fingerprint density at radius 1 is 0.333 bits per heavy atom. The van der Waals surface area contributed by atoms with Crippen molar-refractivity contribution in [1.82, 2.24) is 75.4 Å². The Labute approximate surface area is 702 Å². The molecule has 2 saturated heterocycles. The lowest BCUT2D eigenvalue weighted by atomic mass is 10.0. The van der Waals surface area contributed by atoms with Crippen molar-refractivity contribution in [1.29, 1.82) is 0 Å². The van der Waals surface area contributed by atoms with Crippen LogP contribution in [-0.2, 0) is 17.9 Å². The van der Waals surface area contributed by atoms with E-state index in [-0.39, 0.29) is 75.9 Å². The average molecular weight is 1640 g/mol. The van der Waals surface area contributed by atoms with Crippen molar-refractivity contribution >= 4 is 113 Å². The van der Waals surface area contributed by atoms with Crippen molar-refractivity contribution in [2.75, 3.05) is 72.2 Å². The predicted molar refractivity (Wildman–Crippen MR) is 470 cm³/mol. The highest BCUT2D eigenvalue weighted by Gasteiger charge is 2.30. The van der Waals surface area contributed by atoms with Crippen molar-refractivity contribution in [3.8, 4) is 67.5 Å². The maximum absolute atomic E-state index is 12.8.